The van der Waals surface area contributed by atoms with E-state index in [1.165, 1.54) is 148 Å². The summed E-state index contributed by atoms with van der Waals surface area (Å²) < 4.78 is 17.4. The average Bonchev–Trinajstić information content (AvgIpc) is 3.27. The molecule has 5 heteroatoms. The fraction of sp³-hybridized carbons (Fsp3) is 0.789. The van der Waals surface area contributed by atoms with Gasteiger partial charge in [0, 0.05) is 19.4 Å². The molecule has 0 heterocycles. The molecule has 0 N–H and O–H groups in total. The summed E-state index contributed by atoms with van der Waals surface area (Å²) in [6.45, 7) is 7.71. The zero-order chi connectivity index (χ0) is 44.9. The highest BCUT2D eigenvalue weighted by Crippen LogP contribution is 2.15. The molecule has 0 aromatic rings. The molecular formula is C57H102O5. The van der Waals surface area contributed by atoms with Crippen molar-refractivity contribution < 1.29 is 23.8 Å². The maximum absolute atomic E-state index is 12.8. The van der Waals surface area contributed by atoms with Crippen molar-refractivity contribution in [3.8, 4) is 0 Å². The van der Waals surface area contributed by atoms with Gasteiger partial charge in [0.2, 0.25) is 0 Å². The molecule has 5 nitrogen and oxygen atoms in total. The molecule has 1 atom stereocenters. The maximum atomic E-state index is 12.8. The Morgan fingerprint density at radius 2 is 0.726 bits per heavy atom. The van der Waals surface area contributed by atoms with E-state index in [0.29, 0.717) is 19.4 Å². The minimum absolute atomic E-state index is 0.0750. The van der Waals surface area contributed by atoms with Gasteiger partial charge in [0.05, 0.1) is 6.61 Å². The molecule has 0 aromatic heterocycles. The minimum Gasteiger partial charge on any atom is -0.462 e. The van der Waals surface area contributed by atoms with Crippen LogP contribution in [-0.2, 0) is 23.8 Å². The van der Waals surface area contributed by atoms with E-state index >= 15 is 0 Å². The SMILES string of the molecule is CC/C=C\C/C=C\C/C=C\C/C=C\C/C=C\CCCCCC(=O)O[C@H](COCCCCCCCCCCCCCCCCCC)COC(=O)CCCCCCCCCCCCC. The second kappa shape index (κ2) is 52.9. The molecule has 62 heavy (non-hydrogen) atoms. The Balaban J connectivity index is 4.29. The van der Waals surface area contributed by atoms with Crippen molar-refractivity contribution in [3.63, 3.8) is 0 Å². The summed E-state index contributed by atoms with van der Waals surface area (Å²) in [4.78, 5) is 25.4. The van der Waals surface area contributed by atoms with Crippen LogP contribution in [-0.4, -0.2) is 37.9 Å². The number of allylic oxidation sites excluding steroid dienone is 10. The number of rotatable bonds is 49. The molecule has 0 aliphatic rings. The number of carbonyl (C=O) groups excluding carboxylic acids is 2. The second-order valence-corrected chi connectivity index (χ2v) is 17.8. The molecule has 0 amide bonds. The van der Waals surface area contributed by atoms with Gasteiger partial charge in [-0.1, -0.05) is 248 Å². The lowest BCUT2D eigenvalue weighted by molar-refractivity contribution is -0.163. The lowest BCUT2D eigenvalue weighted by Crippen LogP contribution is -2.30. The predicted molar refractivity (Wildman–Crippen MR) is 270 cm³/mol. The molecule has 0 aromatic carbocycles. The fourth-order valence-electron chi connectivity index (χ4n) is 7.60. The normalized spacial score (nSPS) is 12.6. The van der Waals surface area contributed by atoms with E-state index in [9.17, 15) is 9.59 Å². The average molecular weight is 867 g/mol. The number of esters is 2. The van der Waals surface area contributed by atoms with E-state index in [0.717, 1.165) is 83.5 Å². The van der Waals surface area contributed by atoms with Gasteiger partial charge in [-0.3, -0.25) is 9.59 Å². The number of unbranched alkanes of at least 4 members (excludes halogenated alkanes) is 28. The quantitative estimate of drug-likeness (QED) is 0.0346. The van der Waals surface area contributed by atoms with Crippen molar-refractivity contribution in [2.45, 2.75) is 271 Å². The van der Waals surface area contributed by atoms with Crippen LogP contribution < -0.4 is 0 Å². The van der Waals surface area contributed by atoms with Gasteiger partial charge < -0.3 is 14.2 Å². The summed E-state index contributed by atoms with van der Waals surface area (Å²) in [5, 5.41) is 0. The molecule has 0 aliphatic carbocycles. The van der Waals surface area contributed by atoms with Gasteiger partial charge in [0.25, 0.3) is 0 Å². The smallest absolute Gasteiger partial charge is 0.306 e. The van der Waals surface area contributed by atoms with Crippen LogP contribution >= 0.6 is 0 Å². The summed E-state index contributed by atoms with van der Waals surface area (Å²) in [6, 6.07) is 0. The van der Waals surface area contributed by atoms with E-state index in [-0.39, 0.29) is 25.2 Å². The summed E-state index contributed by atoms with van der Waals surface area (Å²) in [6.07, 6.45) is 66.6. The van der Waals surface area contributed by atoms with Gasteiger partial charge in [-0.05, 0) is 64.2 Å². The minimum atomic E-state index is -0.550. The standard InChI is InChI=1S/C57H102O5/c1-4-7-10-13-16-19-22-24-26-28-29-30-31-33-36-39-42-45-48-51-57(59)62-55(54-61-56(58)50-47-44-41-38-35-21-18-15-12-9-6-3)53-60-52-49-46-43-40-37-34-32-27-25-23-20-17-14-11-8-5-2/h7,10,16,19,24,26,29-30,33,36,55H,4-6,8-9,11-15,17-18,20-23,25,27-28,31-32,34-35,37-54H2,1-3H3/b10-7-,19-16-,26-24-,30-29-,36-33-/t55-/m1/s1. The van der Waals surface area contributed by atoms with Crippen LogP contribution in [0.1, 0.15) is 265 Å². The third-order valence-corrected chi connectivity index (χ3v) is 11.6. The van der Waals surface area contributed by atoms with Crippen LogP contribution in [0.3, 0.4) is 0 Å². The molecule has 0 unspecified atom stereocenters. The Morgan fingerprint density at radius 3 is 1.16 bits per heavy atom. The van der Waals surface area contributed by atoms with Crippen LogP contribution in [0, 0.1) is 0 Å². The van der Waals surface area contributed by atoms with Crippen LogP contribution in [0.5, 0.6) is 0 Å². The second-order valence-electron chi connectivity index (χ2n) is 17.8. The molecular weight excluding hydrogens is 765 g/mol. The molecule has 0 saturated heterocycles. The highest BCUT2D eigenvalue weighted by molar-refractivity contribution is 5.70. The summed E-state index contributed by atoms with van der Waals surface area (Å²) in [5.41, 5.74) is 0. The Bertz CT molecular complexity index is 1070. The highest BCUT2D eigenvalue weighted by Gasteiger charge is 2.17. The third kappa shape index (κ3) is 50.2. The van der Waals surface area contributed by atoms with E-state index in [4.69, 9.17) is 14.2 Å². The maximum Gasteiger partial charge on any atom is 0.306 e. The van der Waals surface area contributed by atoms with E-state index in [1.807, 2.05) is 0 Å². The van der Waals surface area contributed by atoms with Crippen molar-refractivity contribution in [2.24, 2.45) is 0 Å². The van der Waals surface area contributed by atoms with Crippen molar-refractivity contribution in [1.29, 1.82) is 0 Å². The Morgan fingerprint density at radius 1 is 0.371 bits per heavy atom. The molecule has 0 saturated carbocycles. The monoisotopic (exact) mass is 867 g/mol. The van der Waals surface area contributed by atoms with Gasteiger partial charge in [-0.25, -0.2) is 0 Å². The molecule has 0 radical (unpaired) electrons. The number of carbonyl (C=O) groups is 2. The fourth-order valence-corrected chi connectivity index (χ4v) is 7.60. The van der Waals surface area contributed by atoms with Gasteiger partial charge in [0.15, 0.2) is 6.10 Å². The first-order chi connectivity index (χ1) is 30.6. The number of ether oxygens (including phenoxy) is 3. The molecule has 0 rings (SSSR count). The summed E-state index contributed by atoms with van der Waals surface area (Å²) in [7, 11) is 0. The number of hydrogen-bond donors (Lipinski definition) is 0. The Hall–Kier alpha value is -2.40. The van der Waals surface area contributed by atoms with Crippen LogP contribution in [0.15, 0.2) is 60.8 Å². The van der Waals surface area contributed by atoms with Crippen molar-refractivity contribution >= 4 is 11.9 Å². The number of hydrogen-bond acceptors (Lipinski definition) is 5. The van der Waals surface area contributed by atoms with Gasteiger partial charge >= 0.3 is 11.9 Å². The molecule has 0 spiro atoms. The Labute approximate surface area is 385 Å². The van der Waals surface area contributed by atoms with E-state index in [1.54, 1.807) is 0 Å². The van der Waals surface area contributed by atoms with Crippen LogP contribution in [0.25, 0.3) is 0 Å². The molecule has 0 fully saturated rings. The lowest BCUT2D eigenvalue weighted by atomic mass is 10.0. The first-order valence-corrected chi connectivity index (χ1v) is 26.8. The zero-order valence-electron chi connectivity index (χ0n) is 41.4. The van der Waals surface area contributed by atoms with Gasteiger partial charge in [-0.2, -0.15) is 0 Å². The third-order valence-electron chi connectivity index (χ3n) is 11.6. The van der Waals surface area contributed by atoms with Crippen molar-refractivity contribution in [1.82, 2.24) is 0 Å². The predicted octanol–water partition coefficient (Wildman–Crippen LogP) is 18.1. The molecule has 0 bridgehead atoms. The molecule has 360 valence electrons. The van der Waals surface area contributed by atoms with Crippen molar-refractivity contribution in [2.75, 3.05) is 19.8 Å². The van der Waals surface area contributed by atoms with Crippen LogP contribution in [0.4, 0.5) is 0 Å². The summed E-state index contributed by atoms with van der Waals surface area (Å²) in [5.74, 6) is -0.424. The van der Waals surface area contributed by atoms with Gasteiger partial charge in [0.1, 0.15) is 6.61 Å². The highest BCUT2D eigenvalue weighted by atomic mass is 16.6. The van der Waals surface area contributed by atoms with E-state index in [2.05, 4.69) is 81.5 Å². The summed E-state index contributed by atoms with van der Waals surface area (Å²) >= 11 is 0. The van der Waals surface area contributed by atoms with E-state index < -0.39 is 6.10 Å². The first-order valence-electron chi connectivity index (χ1n) is 26.8. The molecule has 0 aliphatic heterocycles. The largest absolute Gasteiger partial charge is 0.462 e. The topological polar surface area (TPSA) is 61.8 Å². The van der Waals surface area contributed by atoms with Gasteiger partial charge in [-0.15, -0.1) is 0 Å². The first kappa shape index (κ1) is 59.6. The zero-order valence-corrected chi connectivity index (χ0v) is 41.4. The van der Waals surface area contributed by atoms with Crippen molar-refractivity contribution in [3.05, 3.63) is 60.8 Å². The Kier molecular flexibility index (Phi) is 50.9. The lowest BCUT2D eigenvalue weighted by Gasteiger charge is -2.18. The van der Waals surface area contributed by atoms with Crippen LogP contribution in [0.2, 0.25) is 0 Å².